The summed E-state index contributed by atoms with van der Waals surface area (Å²) in [5.41, 5.74) is 6.74. The molecule has 0 aliphatic rings. The highest BCUT2D eigenvalue weighted by atomic mass is 16.5. The number of benzene rings is 1. The van der Waals surface area contributed by atoms with Gasteiger partial charge in [-0.3, -0.25) is 4.79 Å². The molecule has 3 rings (SSSR count). The second-order valence-corrected chi connectivity index (χ2v) is 4.98. The van der Waals surface area contributed by atoms with E-state index < -0.39 is 5.91 Å². The summed E-state index contributed by atoms with van der Waals surface area (Å²) in [6.07, 6.45) is 1.51. The smallest absolute Gasteiger partial charge is 0.254 e. The molecule has 0 unspecified atom stereocenters. The Morgan fingerprint density at radius 3 is 2.74 bits per heavy atom. The van der Waals surface area contributed by atoms with E-state index in [0.717, 1.165) is 0 Å². The van der Waals surface area contributed by atoms with E-state index in [1.807, 2.05) is 0 Å². The number of aromatic nitrogens is 3. The molecule has 3 aromatic rings. The molecule has 0 saturated carbocycles. The van der Waals surface area contributed by atoms with Crippen LogP contribution in [-0.2, 0) is 0 Å². The first-order valence-electron chi connectivity index (χ1n) is 6.73. The fourth-order valence-electron chi connectivity index (χ4n) is 2.33. The monoisotopic (exact) mass is 314 g/mol. The van der Waals surface area contributed by atoms with Gasteiger partial charge in [0.1, 0.15) is 22.7 Å². The lowest BCUT2D eigenvalue weighted by Gasteiger charge is -2.03. The Morgan fingerprint density at radius 2 is 2.09 bits per heavy atom. The van der Waals surface area contributed by atoms with Gasteiger partial charge in [0.15, 0.2) is 17.0 Å². The van der Waals surface area contributed by atoms with E-state index in [2.05, 4.69) is 15.0 Å². The Morgan fingerprint density at radius 1 is 1.35 bits per heavy atom. The zero-order valence-electron chi connectivity index (χ0n) is 12.7. The van der Waals surface area contributed by atoms with Crippen LogP contribution in [0.2, 0.25) is 0 Å². The fourth-order valence-corrected chi connectivity index (χ4v) is 2.33. The van der Waals surface area contributed by atoms with Crippen LogP contribution in [0.5, 0.6) is 11.5 Å². The second kappa shape index (κ2) is 5.24. The molecule has 0 spiro atoms. The summed E-state index contributed by atoms with van der Waals surface area (Å²) in [5, 5.41) is 9.95. The number of phenols is 1. The minimum absolute atomic E-state index is 0.0923. The number of carbonyl (C=O) groups is 1. The highest BCUT2D eigenvalue weighted by Gasteiger charge is 2.23. The first-order valence-corrected chi connectivity index (χ1v) is 6.73. The number of aromatic hydroxyl groups is 1. The van der Waals surface area contributed by atoms with Crippen molar-refractivity contribution in [2.24, 2.45) is 5.73 Å². The second-order valence-electron chi connectivity index (χ2n) is 4.98. The maximum Gasteiger partial charge on any atom is 0.254 e. The molecule has 0 bridgehead atoms. The molecule has 0 aliphatic heterocycles. The number of ether oxygens (including phenoxy) is 1. The number of methoxy groups -OCH3 is 1. The van der Waals surface area contributed by atoms with Gasteiger partial charge in [-0.25, -0.2) is 15.0 Å². The Hall–Kier alpha value is -3.16. The van der Waals surface area contributed by atoms with Crippen LogP contribution in [0.15, 0.2) is 16.7 Å². The van der Waals surface area contributed by atoms with E-state index >= 15 is 0 Å². The van der Waals surface area contributed by atoms with Crippen LogP contribution in [-0.4, -0.2) is 33.1 Å². The van der Waals surface area contributed by atoms with E-state index in [1.165, 1.54) is 19.4 Å². The molecule has 0 radical (unpaired) electrons. The SMILES string of the molecule is COc1cnc(C)nc1-c1nc2c(C(N)=O)c(O)cc(C)c2o1. The summed E-state index contributed by atoms with van der Waals surface area (Å²) in [4.78, 5) is 24.2. The number of aryl methyl sites for hydroxylation is 2. The largest absolute Gasteiger partial charge is 0.507 e. The number of nitrogens with two attached hydrogens (primary N) is 1. The molecule has 8 nitrogen and oxygen atoms in total. The van der Waals surface area contributed by atoms with E-state index in [9.17, 15) is 9.90 Å². The van der Waals surface area contributed by atoms with Crippen LogP contribution in [0.1, 0.15) is 21.7 Å². The lowest BCUT2D eigenvalue weighted by molar-refractivity contribution is 0.0999. The number of amides is 1. The van der Waals surface area contributed by atoms with Gasteiger partial charge in [0.2, 0.25) is 5.89 Å². The van der Waals surface area contributed by atoms with E-state index in [0.29, 0.717) is 28.4 Å². The number of carbonyl (C=O) groups excluding carboxylic acids is 1. The van der Waals surface area contributed by atoms with Crippen molar-refractivity contribution >= 4 is 17.0 Å². The van der Waals surface area contributed by atoms with Crippen LogP contribution in [0.25, 0.3) is 22.7 Å². The van der Waals surface area contributed by atoms with E-state index in [1.54, 1.807) is 13.8 Å². The molecule has 1 amide bonds. The average Bonchev–Trinajstić information content (AvgIpc) is 2.91. The minimum atomic E-state index is -0.793. The Kier molecular flexibility index (Phi) is 3.36. The summed E-state index contributed by atoms with van der Waals surface area (Å²) in [6, 6.07) is 1.40. The Balaban J connectivity index is 2.34. The molecule has 118 valence electrons. The highest BCUT2D eigenvalue weighted by Crippen LogP contribution is 2.35. The van der Waals surface area contributed by atoms with Crippen molar-refractivity contribution in [2.75, 3.05) is 7.11 Å². The molecule has 0 aliphatic carbocycles. The third-order valence-electron chi connectivity index (χ3n) is 3.38. The van der Waals surface area contributed by atoms with Gasteiger partial charge in [0, 0.05) is 0 Å². The van der Waals surface area contributed by atoms with Gasteiger partial charge in [0.05, 0.1) is 13.3 Å². The summed E-state index contributed by atoms with van der Waals surface area (Å²) >= 11 is 0. The minimum Gasteiger partial charge on any atom is -0.507 e. The van der Waals surface area contributed by atoms with Crippen LogP contribution < -0.4 is 10.5 Å². The van der Waals surface area contributed by atoms with Crippen LogP contribution in [0.3, 0.4) is 0 Å². The maximum absolute atomic E-state index is 11.6. The first kappa shape index (κ1) is 14.8. The summed E-state index contributed by atoms with van der Waals surface area (Å²) in [7, 11) is 1.48. The zero-order valence-corrected chi connectivity index (χ0v) is 12.7. The van der Waals surface area contributed by atoms with Gasteiger partial charge in [0.25, 0.3) is 5.91 Å². The molecular weight excluding hydrogens is 300 g/mol. The van der Waals surface area contributed by atoms with Crippen LogP contribution in [0.4, 0.5) is 0 Å². The number of oxazole rings is 1. The quantitative estimate of drug-likeness (QED) is 0.754. The topological polar surface area (TPSA) is 124 Å². The number of primary amides is 1. The van der Waals surface area contributed by atoms with Gasteiger partial charge in [-0.15, -0.1) is 0 Å². The fraction of sp³-hybridized carbons (Fsp3) is 0.200. The Bertz CT molecular complexity index is 933. The molecule has 23 heavy (non-hydrogen) atoms. The molecule has 1 aromatic carbocycles. The lowest BCUT2D eigenvalue weighted by Crippen LogP contribution is -2.12. The van der Waals surface area contributed by atoms with Gasteiger partial charge >= 0.3 is 0 Å². The van der Waals surface area contributed by atoms with Gasteiger partial charge in [-0.05, 0) is 25.5 Å². The lowest BCUT2D eigenvalue weighted by atomic mass is 10.1. The summed E-state index contributed by atoms with van der Waals surface area (Å²) in [6.45, 7) is 3.45. The van der Waals surface area contributed by atoms with Crippen molar-refractivity contribution in [3.63, 3.8) is 0 Å². The normalized spacial score (nSPS) is 10.9. The molecule has 0 fully saturated rings. The Labute approximate surface area is 130 Å². The molecule has 0 atom stereocenters. The molecule has 0 saturated heterocycles. The van der Waals surface area contributed by atoms with Gasteiger partial charge in [-0.1, -0.05) is 0 Å². The molecular formula is C15H14N4O4. The van der Waals surface area contributed by atoms with Crippen LogP contribution in [0, 0.1) is 13.8 Å². The van der Waals surface area contributed by atoms with Crippen LogP contribution >= 0.6 is 0 Å². The number of rotatable bonds is 3. The van der Waals surface area contributed by atoms with E-state index in [-0.39, 0.29) is 22.7 Å². The van der Waals surface area contributed by atoms with Gasteiger partial charge < -0.3 is 20.0 Å². The molecule has 8 heteroatoms. The van der Waals surface area contributed by atoms with Crippen molar-refractivity contribution in [1.82, 2.24) is 15.0 Å². The zero-order chi connectivity index (χ0) is 16.7. The standard InChI is InChI=1S/C15H14N4O4/c1-6-4-8(20)10(14(16)21)12-13(6)23-15(19-12)11-9(22-3)5-17-7(2)18-11/h4-5,20H,1-3H3,(H2,16,21). The highest BCUT2D eigenvalue weighted by molar-refractivity contribution is 6.07. The third-order valence-corrected chi connectivity index (χ3v) is 3.38. The van der Waals surface area contributed by atoms with Crippen molar-refractivity contribution in [2.45, 2.75) is 13.8 Å². The number of hydrogen-bond donors (Lipinski definition) is 2. The average molecular weight is 314 g/mol. The summed E-state index contributed by atoms with van der Waals surface area (Å²) < 4.78 is 10.9. The number of hydrogen-bond acceptors (Lipinski definition) is 7. The molecule has 2 aromatic heterocycles. The van der Waals surface area contributed by atoms with Crippen molar-refractivity contribution in [3.05, 3.63) is 29.2 Å². The first-order chi connectivity index (χ1) is 10.9. The van der Waals surface area contributed by atoms with Gasteiger partial charge in [-0.2, -0.15) is 0 Å². The number of fused-ring (bicyclic) bond motifs is 1. The third kappa shape index (κ3) is 2.33. The maximum atomic E-state index is 11.6. The summed E-state index contributed by atoms with van der Waals surface area (Å²) in [5.74, 6) is 0.00678. The molecule has 3 N–H and O–H groups in total. The predicted octanol–water partition coefficient (Wildman–Crippen LogP) is 1.71. The van der Waals surface area contributed by atoms with E-state index in [4.69, 9.17) is 14.9 Å². The van der Waals surface area contributed by atoms with Crippen molar-refractivity contribution < 1.29 is 19.1 Å². The van der Waals surface area contributed by atoms with Crippen molar-refractivity contribution in [3.8, 4) is 23.1 Å². The predicted molar refractivity (Wildman–Crippen MR) is 81.2 cm³/mol. The molecule has 2 heterocycles. The number of nitrogens with zero attached hydrogens (tertiary/aromatic N) is 3. The van der Waals surface area contributed by atoms with Crippen molar-refractivity contribution in [1.29, 1.82) is 0 Å².